The first-order chi connectivity index (χ1) is 9.04. The van der Waals surface area contributed by atoms with E-state index in [1.54, 1.807) is 0 Å². The van der Waals surface area contributed by atoms with Crippen LogP contribution in [0.5, 0.6) is 5.75 Å². The second-order valence-corrected chi connectivity index (χ2v) is 4.06. The van der Waals surface area contributed by atoms with E-state index < -0.39 is 11.8 Å². The van der Waals surface area contributed by atoms with Gasteiger partial charge in [-0.1, -0.05) is 17.7 Å². The standard InChI is InChI=1S/C13H9ClFNO3/c1-19-12-8(14)6-5-7(11(12)15)9-3-2-4-10(16-9)13(17)18/h2-6H,1H3,(H,17,18). The molecule has 0 fully saturated rings. The van der Waals surface area contributed by atoms with Crippen LogP contribution in [-0.4, -0.2) is 23.2 Å². The molecule has 0 aliphatic rings. The first-order valence-electron chi connectivity index (χ1n) is 5.27. The van der Waals surface area contributed by atoms with Gasteiger partial charge in [0.1, 0.15) is 5.69 Å². The Morgan fingerprint density at radius 1 is 1.37 bits per heavy atom. The van der Waals surface area contributed by atoms with Gasteiger partial charge in [0.15, 0.2) is 11.6 Å². The van der Waals surface area contributed by atoms with E-state index in [1.807, 2.05) is 0 Å². The summed E-state index contributed by atoms with van der Waals surface area (Å²) in [6.07, 6.45) is 0. The van der Waals surface area contributed by atoms with Gasteiger partial charge in [-0.05, 0) is 24.3 Å². The summed E-state index contributed by atoms with van der Waals surface area (Å²) in [5.41, 5.74) is 0.169. The summed E-state index contributed by atoms with van der Waals surface area (Å²) in [7, 11) is 1.30. The molecule has 1 aromatic heterocycles. The summed E-state index contributed by atoms with van der Waals surface area (Å²) >= 11 is 5.79. The summed E-state index contributed by atoms with van der Waals surface area (Å²) in [6.45, 7) is 0. The molecule has 0 radical (unpaired) electrons. The van der Waals surface area contributed by atoms with Crippen LogP contribution < -0.4 is 4.74 Å². The van der Waals surface area contributed by atoms with Crippen molar-refractivity contribution in [1.82, 2.24) is 4.98 Å². The zero-order valence-electron chi connectivity index (χ0n) is 9.85. The van der Waals surface area contributed by atoms with E-state index in [0.717, 1.165) is 0 Å². The lowest BCUT2D eigenvalue weighted by atomic mass is 10.1. The maximum Gasteiger partial charge on any atom is 0.354 e. The third kappa shape index (κ3) is 2.51. The Bertz CT molecular complexity index is 646. The molecule has 0 aliphatic carbocycles. The number of hydrogen-bond acceptors (Lipinski definition) is 3. The van der Waals surface area contributed by atoms with Gasteiger partial charge in [0.2, 0.25) is 0 Å². The van der Waals surface area contributed by atoms with Crippen LogP contribution in [0.2, 0.25) is 5.02 Å². The van der Waals surface area contributed by atoms with Gasteiger partial charge < -0.3 is 9.84 Å². The third-order valence-corrected chi connectivity index (χ3v) is 2.79. The molecule has 0 saturated heterocycles. The molecule has 0 saturated carbocycles. The number of halogens is 2. The average molecular weight is 282 g/mol. The summed E-state index contributed by atoms with van der Waals surface area (Å²) in [4.78, 5) is 14.7. The molecule has 0 amide bonds. The molecule has 98 valence electrons. The minimum absolute atomic E-state index is 0.0957. The Kier molecular flexibility index (Phi) is 3.66. The maximum absolute atomic E-state index is 14.2. The highest BCUT2D eigenvalue weighted by Crippen LogP contribution is 2.34. The normalized spacial score (nSPS) is 10.3. The molecule has 1 aromatic carbocycles. The fourth-order valence-corrected chi connectivity index (χ4v) is 1.84. The molecule has 0 spiro atoms. The monoisotopic (exact) mass is 281 g/mol. The molecule has 0 bridgehead atoms. The van der Waals surface area contributed by atoms with Crippen LogP contribution in [0, 0.1) is 5.82 Å². The number of methoxy groups -OCH3 is 1. The number of ether oxygens (including phenoxy) is 1. The first kappa shape index (κ1) is 13.3. The first-order valence-corrected chi connectivity index (χ1v) is 5.65. The Labute approximate surface area is 113 Å². The van der Waals surface area contributed by atoms with E-state index in [0.29, 0.717) is 0 Å². The van der Waals surface area contributed by atoms with Crippen molar-refractivity contribution in [2.45, 2.75) is 0 Å². The van der Waals surface area contributed by atoms with Crippen LogP contribution in [0.1, 0.15) is 10.5 Å². The van der Waals surface area contributed by atoms with E-state index in [2.05, 4.69) is 4.98 Å². The molecule has 1 N–H and O–H groups in total. The van der Waals surface area contributed by atoms with Crippen LogP contribution in [0.3, 0.4) is 0 Å². The summed E-state index contributed by atoms with van der Waals surface area (Å²) < 4.78 is 19.0. The predicted octanol–water partition coefficient (Wildman–Crippen LogP) is 3.25. The molecule has 0 atom stereocenters. The zero-order chi connectivity index (χ0) is 14.0. The molecular formula is C13H9ClFNO3. The second-order valence-electron chi connectivity index (χ2n) is 3.66. The number of aromatic carboxylic acids is 1. The van der Waals surface area contributed by atoms with Gasteiger partial charge in [-0.25, -0.2) is 14.2 Å². The highest BCUT2D eigenvalue weighted by atomic mass is 35.5. The SMILES string of the molecule is COc1c(Cl)ccc(-c2cccc(C(=O)O)n2)c1F. The highest BCUT2D eigenvalue weighted by Gasteiger charge is 2.16. The molecule has 0 aliphatic heterocycles. The lowest BCUT2D eigenvalue weighted by Crippen LogP contribution is -2.01. The Hall–Kier alpha value is -2.14. The Morgan fingerprint density at radius 3 is 2.74 bits per heavy atom. The fourth-order valence-electron chi connectivity index (χ4n) is 1.62. The van der Waals surface area contributed by atoms with Gasteiger partial charge in [-0.2, -0.15) is 0 Å². The van der Waals surface area contributed by atoms with E-state index in [4.69, 9.17) is 21.4 Å². The van der Waals surface area contributed by atoms with Crippen molar-refractivity contribution in [3.05, 3.63) is 46.9 Å². The number of benzene rings is 1. The van der Waals surface area contributed by atoms with E-state index >= 15 is 0 Å². The molecule has 2 rings (SSSR count). The van der Waals surface area contributed by atoms with Crippen molar-refractivity contribution in [3.63, 3.8) is 0 Å². The molecule has 4 nitrogen and oxygen atoms in total. The van der Waals surface area contributed by atoms with Gasteiger partial charge in [-0.3, -0.25) is 0 Å². The van der Waals surface area contributed by atoms with Gasteiger partial charge in [0.25, 0.3) is 0 Å². The number of hydrogen-bond donors (Lipinski definition) is 1. The number of carboxylic acids is 1. The molecule has 6 heteroatoms. The number of aromatic nitrogens is 1. The van der Waals surface area contributed by atoms with Gasteiger partial charge >= 0.3 is 5.97 Å². The number of carboxylic acid groups (broad SMARTS) is 1. The van der Waals surface area contributed by atoms with Crippen molar-refractivity contribution >= 4 is 17.6 Å². The second kappa shape index (κ2) is 5.24. The maximum atomic E-state index is 14.2. The van der Waals surface area contributed by atoms with Crippen molar-refractivity contribution < 1.29 is 19.0 Å². The summed E-state index contributed by atoms with van der Waals surface area (Å²) in [6, 6.07) is 7.23. The van der Waals surface area contributed by atoms with Crippen molar-refractivity contribution in [3.8, 4) is 17.0 Å². The van der Waals surface area contributed by atoms with Crippen molar-refractivity contribution in [2.24, 2.45) is 0 Å². The topological polar surface area (TPSA) is 59.4 Å². The van der Waals surface area contributed by atoms with Crippen LogP contribution in [0.4, 0.5) is 4.39 Å². The Morgan fingerprint density at radius 2 is 2.11 bits per heavy atom. The fraction of sp³-hybridized carbons (Fsp3) is 0.0769. The third-order valence-electron chi connectivity index (χ3n) is 2.50. The molecule has 2 aromatic rings. The molecular weight excluding hydrogens is 273 g/mol. The smallest absolute Gasteiger partial charge is 0.354 e. The molecule has 0 unspecified atom stereocenters. The van der Waals surface area contributed by atoms with Crippen LogP contribution in [0.15, 0.2) is 30.3 Å². The van der Waals surface area contributed by atoms with Gasteiger partial charge in [0, 0.05) is 5.56 Å². The lowest BCUT2D eigenvalue weighted by Gasteiger charge is -2.09. The summed E-state index contributed by atoms with van der Waals surface area (Å²) in [5.74, 6) is -1.95. The lowest BCUT2D eigenvalue weighted by molar-refractivity contribution is 0.0690. The predicted molar refractivity (Wildman–Crippen MR) is 68.2 cm³/mol. The highest BCUT2D eigenvalue weighted by molar-refractivity contribution is 6.32. The van der Waals surface area contributed by atoms with Crippen molar-refractivity contribution in [2.75, 3.05) is 7.11 Å². The average Bonchev–Trinajstić information content (AvgIpc) is 2.39. The Balaban J connectivity index is 2.59. The molecule has 1 heterocycles. The number of rotatable bonds is 3. The number of nitrogens with zero attached hydrogens (tertiary/aromatic N) is 1. The van der Waals surface area contributed by atoms with Crippen LogP contribution >= 0.6 is 11.6 Å². The quantitative estimate of drug-likeness (QED) is 0.938. The van der Waals surface area contributed by atoms with Crippen LogP contribution in [0.25, 0.3) is 11.3 Å². The van der Waals surface area contributed by atoms with E-state index in [-0.39, 0.29) is 27.7 Å². The van der Waals surface area contributed by atoms with Gasteiger partial charge in [0.05, 0.1) is 17.8 Å². The minimum atomic E-state index is -1.18. The van der Waals surface area contributed by atoms with Gasteiger partial charge in [-0.15, -0.1) is 0 Å². The minimum Gasteiger partial charge on any atom is -0.492 e. The largest absolute Gasteiger partial charge is 0.492 e. The molecule has 19 heavy (non-hydrogen) atoms. The number of pyridine rings is 1. The van der Waals surface area contributed by atoms with E-state index in [9.17, 15) is 9.18 Å². The number of carbonyl (C=O) groups is 1. The van der Waals surface area contributed by atoms with E-state index in [1.165, 1.54) is 37.4 Å². The zero-order valence-corrected chi connectivity index (χ0v) is 10.6. The van der Waals surface area contributed by atoms with Crippen molar-refractivity contribution in [1.29, 1.82) is 0 Å². The summed E-state index contributed by atoms with van der Waals surface area (Å²) in [5, 5.41) is 9.01. The van der Waals surface area contributed by atoms with Crippen LogP contribution in [-0.2, 0) is 0 Å².